The van der Waals surface area contributed by atoms with Crippen molar-refractivity contribution in [3.63, 3.8) is 0 Å². The Kier molecular flexibility index (Phi) is 10.3. The predicted molar refractivity (Wildman–Crippen MR) is 216 cm³/mol. The third-order valence-electron chi connectivity index (χ3n) is 14.0. The summed E-state index contributed by atoms with van der Waals surface area (Å²) in [6.45, 7) is 10.7. The molecule has 17 heteroatoms. The van der Waals surface area contributed by atoms with Crippen molar-refractivity contribution in [2.24, 2.45) is 5.16 Å². The summed E-state index contributed by atoms with van der Waals surface area (Å²) >= 11 is 0. The maximum atomic E-state index is 13.4. The van der Waals surface area contributed by atoms with E-state index in [0.29, 0.717) is 73.4 Å². The largest absolute Gasteiger partial charge is 0.506 e. The van der Waals surface area contributed by atoms with Gasteiger partial charge in [-0.05, 0) is 77.0 Å². The summed E-state index contributed by atoms with van der Waals surface area (Å²) in [5, 5.41) is 40.8. The molecule has 3 N–H and O–H groups in total. The topological polar surface area (TPSA) is 206 Å². The minimum atomic E-state index is -1.94. The zero-order valence-electron chi connectivity index (χ0n) is 35.4. The zero-order chi connectivity index (χ0) is 43.3. The number of aliphatic hydroxyl groups excluding tert-OH is 1. The highest BCUT2D eigenvalue weighted by Gasteiger charge is 2.94. The van der Waals surface area contributed by atoms with Gasteiger partial charge >= 0.3 is 0 Å². The molecular formula is C45H54N2O15. The molecule has 0 aromatic heterocycles. The third-order valence-corrected chi connectivity index (χ3v) is 14.0. The van der Waals surface area contributed by atoms with Crippen molar-refractivity contribution in [1.82, 2.24) is 4.90 Å². The minimum Gasteiger partial charge on any atom is -0.506 e. The van der Waals surface area contributed by atoms with Gasteiger partial charge in [0.2, 0.25) is 11.9 Å². The van der Waals surface area contributed by atoms with Crippen LogP contribution >= 0.6 is 0 Å². The number of allylic oxidation sites excluding steroid dienone is 1. The van der Waals surface area contributed by atoms with Gasteiger partial charge < -0.3 is 67.7 Å². The first-order valence-electron chi connectivity index (χ1n) is 21.7. The summed E-state index contributed by atoms with van der Waals surface area (Å²) in [6.07, 6.45) is 1.88. The number of nitrogens with zero attached hydrogens (tertiary/aromatic N) is 2. The van der Waals surface area contributed by atoms with E-state index in [0.717, 1.165) is 24.8 Å². The molecule has 2 aromatic rings. The molecule has 4 unspecified atom stereocenters. The first-order valence-corrected chi connectivity index (χ1v) is 21.7. The molecule has 7 heterocycles. The zero-order valence-corrected chi connectivity index (χ0v) is 35.4. The Morgan fingerprint density at radius 3 is 2.56 bits per heavy atom. The van der Waals surface area contributed by atoms with E-state index < -0.39 is 59.8 Å². The fraction of sp³-hybridized carbons (Fsp3) is 0.622. The number of ketones is 1. The van der Waals surface area contributed by atoms with Gasteiger partial charge in [-0.1, -0.05) is 18.2 Å². The van der Waals surface area contributed by atoms with Gasteiger partial charge in [0, 0.05) is 47.7 Å². The van der Waals surface area contributed by atoms with Gasteiger partial charge in [-0.25, -0.2) is 0 Å². The van der Waals surface area contributed by atoms with Crippen molar-refractivity contribution in [3.8, 4) is 17.2 Å². The lowest BCUT2D eigenvalue weighted by atomic mass is 9.78. The molecule has 8 aliphatic rings. The number of hydrogen-bond acceptors (Lipinski definition) is 16. The van der Waals surface area contributed by atoms with Crippen LogP contribution in [0.3, 0.4) is 0 Å². The van der Waals surface area contributed by atoms with Crippen LogP contribution in [-0.2, 0) is 49.2 Å². The van der Waals surface area contributed by atoms with Crippen molar-refractivity contribution in [1.29, 1.82) is 0 Å². The number of aliphatic hydroxyl groups is 2. The average molecular weight is 863 g/mol. The van der Waals surface area contributed by atoms with E-state index in [1.807, 2.05) is 13.0 Å². The number of aryl methyl sites for hydroxylation is 1. The van der Waals surface area contributed by atoms with Gasteiger partial charge in [0.15, 0.2) is 23.8 Å². The van der Waals surface area contributed by atoms with Crippen LogP contribution in [0.1, 0.15) is 98.4 Å². The molecule has 1 spiro atoms. The Labute approximate surface area is 358 Å². The summed E-state index contributed by atoms with van der Waals surface area (Å²) in [4.78, 5) is 32.6. The SMILES string of the molecule is C=C1C=CC(=O)N1CCCCCCO/N=C(\C)C1(O)C(O)CC(O[C@@]23Oc4c(c(C)cc5c(OC)c6c(c(O)c45)C(=O)CCC6)[C@@H]4O[C@@](C5OCCCO5)(O[C@@H]42)[C@]32CO2)OC1C. The second-order valence-corrected chi connectivity index (χ2v) is 17.6. The number of carbonyl (C=O) groups is 2. The lowest BCUT2D eigenvalue weighted by molar-refractivity contribution is -0.391. The first kappa shape index (κ1) is 41.8. The number of oxime groups is 1. The second kappa shape index (κ2) is 15.2. The summed E-state index contributed by atoms with van der Waals surface area (Å²) in [7, 11) is 1.54. The second-order valence-electron chi connectivity index (χ2n) is 17.6. The molecule has 17 nitrogen and oxygen atoms in total. The smallest absolute Gasteiger partial charge is 0.279 e. The number of epoxide rings is 1. The highest BCUT2D eigenvalue weighted by atomic mass is 16.9. The molecule has 0 radical (unpaired) electrons. The Morgan fingerprint density at radius 2 is 1.85 bits per heavy atom. The molecular weight excluding hydrogens is 808 g/mol. The lowest BCUT2D eigenvalue weighted by Crippen LogP contribution is -2.72. The number of benzene rings is 2. The molecule has 10 rings (SSSR count). The van der Waals surface area contributed by atoms with Crippen LogP contribution in [-0.4, -0.2) is 131 Å². The number of ether oxygens (including phenoxy) is 9. The molecule has 2 aromatic carbocycles. The van der Waals surface area contributed by atoms with Crippen molar-refractivity contribution in [3.05, 3.63) is 52.7 Å². The monoisotopic (exact) mass is 862 g/mol. The molecule has 7 aliphatic heterocycles. The van der Waals surface area contributed by atoms with Crippen LogP contribution in [0.2, 0.25) is 0 Å². The molecule has 9 atom stereocenters. The number of methoxy groups -OCH3 is 1. The van der Waals surface area contributed by atoms with Crippen LogP contribution in [0.5, 0.6) is 17.2 Å². The number of fused-ring (bicyclic) bond motifs is 8. The number of rotatable bonds is 13. The predicted octanol–water partition coefficient (Wildman–Crippen LogP) is 4.28. The molecule has 5 fully saturated rings. The molecule has 0 saturated carbocycles. The number of carbonyl (C=O) groups excluding carboxylic acids is 2. The van der Waals surface area contributed by atoms with Crippen LogP contribution in [0.25, 0.3) is 10.8 Å². The highest BCUT2D eigenvalue weighted by molar-refractivity contribution is 6.11. The van der Waals surface area contributed by atoms with E-state index >= 15 is 0 Å². The summed E-state index contributed by atoms with van der Waals surface area (Å²) in [5.74, 6) is -3.26. The Balaban J connectivity index is 0.922. The van der Waals surface area contributed by atoms with Crippen molar-refractivity contribution >= 4 is 28.2 Å². The third kappa shape index (κ3) is 5.89. The normalized spacial score (nSPS) is 36.1. The maximum absolute atomic E-state index is 13.4. The molecule has 2 bridgehead atoms. The Bertz CT molecular complexity index is 2240. The standard InChI is InChI=1S/C45H54N2O15/c1-23-20-28-35(36(51)34-27(37(28)53-5)12-10-13-29(34)48)38-33(23)39-40-44(60-38,42(22-56-42)45(61-39,62-40)41-54-17-11-18-55-41)59-32-21-30(49)43(52,26(4)58-32)25(3)46-57-19-9-7-6-8-16-47-24(2)14-15-31(47)50/h14-15,20,26,30,32,39-41,49,51-52H,2,6-13,16-19,21-22H2,1,3-5H3/b46-25+/t26?,30?,32?,39-,40-,42-,43?,44+,45-/m0/s1. The van der Waals surface area contributed by atoms with Gasteiger partial charge in [0.1, 0.15) is 30.0 Å². The fourth-order valence-corrected chi connectivity index (χ4v) is 10.8. The van der Waals surface area contributed by atoms with Crippen molar-refractivity contribution in [2.45, 2.75) is 138 Å². The molecule has 334 valence electrons. The highest BCUT2D eigenvalue weighted by Crippen LogP contribution is 2.72. The summed E-state index contributed by atoms with van der Waals surface area (Å²) in [5.41, 5.74) is -0.399. The fourth-order valence-electron chi connectivity index (χ4n) is 10.8. The van der Waals surface area contributed by atoms with Crippen LogP contribution in [0.15, 0.2) is 35.7 Å². The molecule has 1 amide bonds. The number of aromatic hydroxyl groups is 1. The number of phenols is 1. The first-order chi connectivity index (χ1) is 29.8. The van der Waals surface area contributed by atoms with E-state index in [9.17, 15) is 24.9 Å². The van der Waals surface area contributed by atoms with E-state index in [4.69, 9.17) is 47.5 Å². The van der Waals surface area contributed by atoms with Crippen LogP contribution in [0.4, 0.5) is 0 Å². The average Bonchev–Trinajstić information content (AvgIpc) is 3.81. The van der Waals surface area contributed by atoms with E-state index in [-0.39, 0.29) is 65.9 Å². The van der Waals surface area contributed by atoms with E-state index in [1.54, 1.807) is 31.9 Å². The van der Waals surface area contributed by atoms with Crippen molar-refractivity contribution < 1.29 is 72.4 Å². The van der Waals surface area contributed by atoms with E-state index in [1.165, 1.54) is 6.08 Å². The lowest BCUT2D eigenvalue weighted by Gasteiger charge is -2.52. The number of phenolic OH excluding ortho intramolecular Hbond substituents is 1. The van der Waals surface area contributed by atoms with Gasteiger partial charge in [-0.15, -0.1) is 0 Å². The molecule has 5 saturated heterocycles. The van der Waals surface area contributed by atoms with Gasteiger partial charge in [0.05, 0.1) is 55.8 Å². The number of hydrogen-bond donors (Lipinski definition) is 3. The van der Waals surface area contributed by atoms with E-state index in [2.05, 4.69) is 11.7 Å². The van der Waals surface area contributed by atoms with Gasteiger partial charge in [-0.2, -0.15) is 0 Å². The van der Waals surface area contributed by atoms with Crippen molar-refractivity contribution in [2.75, 3.05) is 40.1 Å². The quantitative estimate of drug-likeness (QED) is 0.111. The molecule has 1 aliphatic carbocycles. The summed E-state index contributed by atoms with van der Waals surface area (Å²) < 4.78 is 58.9. The van der Waals surface area contributed by atoms with Gasteiger partial charge in [0.25, 0.3) is 17.5 Å². The number of amides is 1. The summed E-state index contributed by atoms with van der Waals surface area (Å²) in [6, 6.07) is 1.90. The number of unbranched alkanes of at least 4 members (excludes halogenated alkanes) is 3. The van der Waals surface area contributed by atoms with Crippen LogP contribution < -0.4 is 9.47 Å². The molecule has 62 heavy (non-hydrogen) atoms. The maximum Gasteiger partial charge on any atom is 0.279 e. The number of Topliss-reactive ketones (excluding diaryl/α,β-unsaturated/α-hetero) is 1. The minimum absolute atomic E-state index is 0.0459. The van der Waals surface area contributed by atoms with Gasteiger partial charge in [-0.3, -0.25) is 9.59 Å². The Morgan fingerprint density at radius 1 is 1.08 bits per heavy atom. The van der Waals surface area contributed by atoms with Crippen LogP contribution in [0, 0.1) is 6.92 Å². The Hall–Kier alpha value is -4.17.